The number of hydrogen-bond donors (Lipinski definition) is 2. The number of aromatic hydroxyl groups is 1. The number of nitrogens with zero attached hydrogens (tertiary/aromatic N) is 2. The Hall–Kier alpha value is -4.46. The number of anilines is 2. The first-order valence-electron chi connectivity index (χ1n) is 11.1. The zero-order chi connectivity index (χ0) is 24.7. The lowest BCUT2D eigenvalue weighted by Gasteiger charge is -2.28. The molecule has 178 valence electrons. The van der Waals surface area contributed by atoms with Crippen molar-refractivity contribution >= 4 is 28.8 Å². The highest BCUT2D eigenvalue weighted by Crippen LogP contribution is 2.47. The van der Waals surface area contributed by atoms with E-state index in [2.05, 4.69) is 0 Å². The van der Waals surface area contributed by atoms with Gasteiger partial charge in [0.1, 0.15) is 29.6 Å². The number of aliphatic hydroxyl groups excluding tert-OH is 1. The van der Waals surface area contributed by atoms with Gasteiger partial charge in [0.05, 0.1) is 36.6 Å². The van der Waals surface area contributed by atoms with Crippen LogP contribution in [0.4, 0.5) is 11.4 Å². The number of rotatable bonds is 4. The van der Waals surface area contributed by atoms with Crippen LogP contribution in [0.15, 0.2) is 72.3 Å². The van der Waals surface area contributed by atoms with Crippen LogP contribution in [0.5, 0.6) is 17.2 Å². The SMILES string of the molecule is COc1ccccc1C1/C(=C(\O)c2ccc3c(c2)N(C)CCO3)C(=O)C(=O)N1c1ccccc1O. The number of fused-ring (bicyclic) bond motifs is 1. The third kappa shape index (κ3) is 3.63. The molecule has 2 aliphatic heterocycles. The molecule has 3 aromatic rings. The summed E-state index contributed by atoms with van der Waals surface area (Å²) >= 11 is 0. The fourth-order valence-corrected chi connectivity index (χ4v) is 4.59. The molecule has 1 unspecified atom stereocenters. The number of phenolic OH excluding ortho intramolecular Hbond substituents is 1. The van der Waals surface area contributed by atoms with E-state index in [1.54, 1.807) is 60.7 Å². The first kappa shape index (κ1) is 22.3. The van der Waals surface area contributed by atoms with Crippen molar-refractivity contribution in [3.63, 3.8) is 0 Å². The lowest BCUT2D eigenvalue weighted by atomic mass is 9.94. The van der Waals surface area contributed by atoms with E-state index in [9.17, 15) is 19.8 Å². The average Bonchev–Trinajstić information content (AvgIpc) is 3.14. The van der Waals surface area contributed by atoms with E-state index in [-0.39, 0.29) is 22.8 Å². The summed E-state index contributed by atoms with van der Waals surface area (Å²) in [6.07, 6.45) is 0. The van der Waals surface area contributed by atoms with Gasteiger partial charge < -0.3 is 24.6 Å². The van der Waals surface area contributed by atoms with Crippen LogP contribution >= 0.6 is 0 Å². The van der Waals surface area contributed by atoms with E-state index in [4.69, 9.17) is 9.47 Å². The van der Waals surface area contributed by atoms with Crippen molar-refractivity contribution in [2.24, 2.45) is 0 Å². The molecule has 35 heavy (non-hydrogen) atoms. The van der Waals surface area contributed by atoms with Gasteiger partial charge in [-0.15, -0.1) is 0 Å². The van der Waals surface area contributed by atoms with Crippen molar-refractivity contribution in [1.29, 1.82) is 0 Å². The molecule has 2 aliphatic rings. The van der Waals surface area contributed by atoms with E-state index in [1.807, 2.05) is 11.9 Å². The molecule has 0 aliphatic carbocycles. The fraction of sp³-hybridized carbons (Fsp3) is 0.185. The molecule has 1 saturated heterocycles. The van der Waals surface area contributed by atoms with Crippen molar-refractivity contribution in [3.05, 3.63) is 83.4 Å². The van der Waals surface area contributed by atoms with Gasteiger partial charge in [0.25, 0.3) is 11.7 Å². The maximum absolute atomic E-state index is 13.4. The number of phenols is 1. The monoisotopic (exact) mass is 472 g/mol. The van der Waals surface area contributed by atoms with E-state index < -0.39 is 17.7 Å². The molecule has 8 nitrogen and oxygen atoms in total. The number of ketones is 1. The summed E-state index contributed by atoms with van der Waals surface area (Å²) in [5, 5.41) is 22.0. The lowest BCUT2D eigenvalue weighted by molar-refractivity contribution is -0.132. The molecule has 0 spiro atoms. The van der Waals surface area contributed by atoms with Crippen LogP contribution in [0.1, 0.15) is 17.2 Å². The standard InChI is InChI=1S/C27H24N2O6/c1-28-13-14-35-22-12-11-16(15-19(22)28)25(31)23-24(17-7-3-6-10-21(17)34-2)29(27(33)26(23)32)18-8-4-5-9-20(18)30/h3-12,15,24,30-31H,13-14H2,1-2H3/b25-23+. The Morgan fingerprint density at radius 2 is 1.77 bits per heavy atom. The van der Waals surface area contributed by atoms with Gasteiger partial charge in [-0.25, -0.2) is 0 Å². The minimum absolute atomic E-state index is 0.0953. The van der Waals surface area contributed by atoms with Crippen LogP contribution < -0.4 is 19.3 Å². The summed E-state index contributed by atoms with van der Waals surface area (Å²) in [5.41, 5.74) is 1.70. The molecule has 8 heteroatoms. The van der Waals surface area contributed by atoms with Gasteiger partial charge >= 0.3 is 0 Å². The van der Waals surface area contributed by atoms with E-state index >= 15 is 0 Å². The Kier molecular flexibility index (Phi) is 5.56. The van der Waals surface area contributed by atoms with Crippen molar-refractivity contribution < 1.29 is 29.3 Å². The molecule has 3 aromatic carbocycles. The van der Waals surface area contributed by atoms with Gasteiger partial charge in [-0.2, -0.15) is 0 Å². The third-order valence-corrected chi connectivity index (χ3v) is 6.35. The number of carbonyl (C=O) groups is 2. The fourth-order valence-electron chi connectivity index (χ4n) is 4.59. The summed E-state index contributed by atoms with van der Waals surface area (Å²) in [7, 11) is 3.40. The molecule has 2 N–H and O–H groups in total. The minimum Gasteiger partial charge on any atom is -0.507 e. The van der Waals surface area contributed by atoms with E-state index in [1.165, 1.54) is 18.1 Å². The van der Waals surface area contributed by atoms with Crippen LogP contribution in [0.3, 0.4) is 0 Å². The number of likely N-dealkylation sites (N-methyl/N-ethyl adjacent to an activating group) is 1. The summed E-state index contributed by atoms with van der Waals surface area (Å²) < 4.78 is 11.2. The molecule has 5 rings (SSSR count). The summed E-state index contributed by atoms with van der Waals surface area (Å²) in [5.74, 6) is -1.09. The summed E-state index contributed by atoms with van der Waals surface area (Å²) in [4.78, 5) is 29.9. The zero-order valence-electron chi connectivity index (χ0n) is 19.3. The van der Waals surface area contributed by atoms with Crippen LogP contribution in [0.25, 0.3) is 5.76 Å². The van der Waals surface area contributed by atoms with Gasteiger partial charge in [0.2, 0.25) is 0 Å². The highest BCUT2D eigenvalue weighted by Gasteiger charge is 2.48. The number of ether oxygens (including phenoxy) is 2. The predicted octanol–water partition coefficient (Wildman–Crippen LogP) is 3.86. The second-order valence-electron chi connectivity index (χ2n) is 8.35. The number of para-hydroxylation sites is 3. The van der Waals surface area contributed by atoms with Crippen LogP contribution in [0.2, 0.25) is 0 Å². The van der Waals surface area contributed by atoms with Crippen LogP contribution in [-0.2, 0) is 9.59 Å². The number of hydrogen-bond acceptors (Lipinski definition) is 7. The summed E-state index contributed by atoms with van der Waals surface area (Å²) in [6, 6.07) is 17.3. The molecule has 1 amide bonds. The lowest BCUT2D eigenvalue weighted by Crippen LogP contribution is -2.29. The van der Waals surface area contributed by atoms with Gasteiger partial charge in [0, 0.05) is 18.2 Å². The van der Waals surface area contributed by atoms with E-state index in [0.717, 1.165) is 5.69 Å². The second kappa shape index (κ2) is 8.72. The molecule has 0 saturated carbocycles. The normalized spacial score (nSPS) is 18.9. The number of carbonyl (C=O) groups excluding carboxylic acids is 2. The molecule has 0 bridgehead atoms. The largest absolute Gasteiger partial charge is 0.507 e. The first-order valence-corrected chi connectivity index (χ1v) is 11.1. The second-order valence-corrected chi connectivity index (χ2v) is 8.35. The molecule has 2 heterocycles. The topological polar surface area (TPSA) is 99.5 Å². The highest BCUT2D eigenvalue weighted by atomic mass is 16.5. The number of amides is 1. The molecule has 1 fully saturated rings. The molecule has 1 atom stereocenters. The minimum atomic E-state index is -1.02. The Bertz CT molecular complexity index is 1370. The molecule has 0 radical (unpaired) electrons. The zero-order valence-corrected chi connectivity index (χ0v) is 19.3. The molecular formula is C27H24N2O6. The van der Waals surface area contributed by atoms with Gasteiger partial charge in [-0.1, -0.05) is 30.3 Å². The Morgan fingerprint density at radius 1 is 1.03 bits per heavy atom. The Balaban J connectivity index is 1.74. The first-order chi connectivity index (χ1) is 16.9. The van der Waals surface area contributed by atoms with Crippen molar-refractivity contribution in [1.82, 2.24) is 0 Å². The Morgan fingerprint density at radius 3 is 2.54 bits per heavy atom. The van der Waals surface area contributed by atoms with Gasteiger partial charge in [-0.05, 0) is 36.4 Å². The van der Waals surface area contributed by atoms with Crippen LogP contribution in [0, 0.1) is 0 Å². The predicted molar refractivity (Wildman–Crippen MR) is 131 cm³/mol. The van der Waals surface area contributed by atoms with Crippen molar-refractivity contribution in [2.45, 2.75) is 6.04 Å². The maximum atomic E-state index is 13.4. The third-order valence-electron chi connectivity index (χ3n) is 6.35. The molecular weight excluding hydrogens is 448 g/mol. The quantitative estimate of drug-likeness (QED) is 0.338. The Labute approximate surface area is 202 Å². The highest BCUT2D eigenvalue weighted by molar-refractivity contribution is 6.52. The van der Waals surface area contributed by atoms with Crippen molar-refractivity contribution in [2.75, 3.05) is 37.1 Å². The van der Waals surface area contributed by atoms with Gasteiger partial charge in [-0.3, -0.25) is 14.5 Å². The number of benzene rings is 3. The number of methoxy groups -OCH3 is 1. The number of Topliss-reactive ketones (excluding diaryl/α,β-unsaturated/α-hetero) is 1. The van der Waals surface area contributed by atoms with Crippen molar-refractivity contribution in [3.8, 4) is 17.2 Å². The average molecular weight is 472 g/mol. The van der Waals surface area contributed by atoms with Crippen LogP contribution in [-0.4, -0.2) is 49.2 Å². The number of aliphatic hydroxyl groups is 1. The summed E-state index contributed by atoms with van der Waals surface area (Å²) in [6.45, 7) is 1.23. The molecule has 0 aromatic heterocycles. The van der Waals surface area contributed by atoms with E-state index in [0.29, 0.717) is 35.8 Å². The smallest absolute Gasteiger partial charge is 0.300 e. The van der Waals surface area contributed by atoms with Gasteiger partial charge in [0.15, 0.2) is 0 Å². The maximum Gasteiger partial charge on any atom is 0.300 e.